The molecule has 0 spiro atoms. The maximum Gasteiger partial charge on any atom is 0.165 e. The van der Waals surface area contributed by atoms with Crippen LogP contribution < -0.4 is 4.74 Å². The van der Waals surface area contributed by atoms with Gasteiger partial charge in [0.25, 0.3) is 0 Å². The summed E-state index contributed by atoms with van der Waals surface area (Å²) in [4.78, 5) is 0. The van der Waals surface area contributed by atoms with Crippen LogP contribution in [0.3, 0.4) is 0 Å². The molecule has 37 heavy (non-hydrogen) atoms. The SMILES string of the molecule is CCCCCC1CCC(/C=C/C2CCC(c3ccc(OCC4C=CC(CCC)CC4)c(F)c3)CC2)CC1. The average molecular weight is 509 g/mol. The van der Waals surface area contributed by atoms with Crippen molar-refractivity contribution in [3.05, 3.63) is 53.9 Å². The van der Waals surface area contributed by atoms with Crippen molar-refractivity contribution in [3.8, 4) is 5.75 Å². The minimum absolute atomic E-state index is 0.187. The van der Waals surface area contributed by atoms with Gasteiger partial charge in [0.2, 0.25) is 0 Å². The maximum absolute atomic E-state index is 14.9. The average Bonchev–Trinajstić information content (AvgIpc) is 2.93. The van der Waals surface area contributed by atoms with Crippen LogP contribution in [0.15, 0.2) is 42.5 Å². The lowest BCUT2D eigenvalue weighted by atomic mass is 9.77. The van der Waals surface area contributed by atoms with E-state index in [1.54, 1.807) is 6.07 Å². The van der Waals surface area contributed by atoms with Crippen LogP contribution in [-0.4, -0.2) is 6.61 Å². The molecule has 0 aliphatic heterocycles. The summed E-state index contributed by atoms with van der Waals surface area (Å²) in [7, 11) is 0. The first-order valence-corrected chi connectivity index (χ1v) is 15.9. The van der Waals surface area contributed by atoms with Crippen LogP contribution in [0, 0.1) is 35.4 Å². The fourth-order valence-corrected chi connectivity index (χ4v) is 7.08. The van der Waals surface area contributed by atoms with Gasteiger partial charge < -0.3 is 4.74 Å². The molecular weight excluding hydrogens is 455 g/mol. The number of hydrogen-bond acceptors (Lipinski definition) is 1. The number of hydrogen-bond donors (Lipinski definition) is 0. The molecule has 2 fully saturated rings. The molecule has 1 aromatic rings. The third-order valence-electron chi connectivity index (χ3n) is 9.64. The molecule has 2 saturated carbocycles. The molecule has 3 aliphatic rings. The van der Waals surface area contributed by atoms with Crippen molar-refractivity contribution in [2.24, 2.45) is 29.6 Å². The van der Waals surface area contributed by atoms with Crippen LogP contribution in [0.25, 0.3) is 0 Å². The first kappa shape index (κ1) is 28.4. The molecule has 0 N–H and O–H groups in total. The quantitative estimate of drug-likeness (QED) is 0.201. The predicted octanol–water partition coefficient (Wildman–Crippen LogP) is 10.8. The van der Waals surface area contributed by atoms with Gasteiger partial charge in [-0.05, 0) is 118 Å². The Morgan fingerprint density at radius 1 is 0.757 bits per heavy atom. The monoisotopic (exact) mass is 508 g/mol. The summed E-state index contributed by atoms with van der Waals surface area (Å²) in [6, 6.07) is 5.75. The van der Waals surface area contributed by atoms with Crippen molar-refractivity contribution in [2.75, 3.05) is 6.61 Å². The molecule has 0 heterocycles. The molecule has 2 atom stereocenters. The highest BCUT2D eigenvalue weighted by atomic mass is 19.1. The lowest BCUT2D eigenvalue weighted by molar-refractivity contribution is 0.244. The van der Waals surface area contributed by atoms with Gasteiger partial charge in [0.1, 0.15) is 0 Å². The van der Waals surface area contributed by atoms with Crippen molar-refractivity contribution in [3.63, 3.8) is 0 Å². The standard InChI is InChI=1S/C35H53FO/c1-3-5-6-8-28-9-11-29(12-10-28)13-14-30-19-21-32(22-20-30)33-23-24-35(34(36)25-33)37-26-31-17-15-27(7-4-2)16-18-31/h13-15,17,23-25,27-32H,3-12,16,18-22,26H2,1-2H3/b14-13+. The van der Waals surface area contributed by atoms with Crippen LogP contribution in [0.5, 0.6) is 5.75 Å². The molecule has 206 valence electrons. The van der Waals surface area contributed by atoms with Crippen molar-refractivity contribution in [1.82, 2.24) is 0 Å². The Morgan fingerprint density at radius 3 is 2.05 bits per heavy atom. The molecule has 0 radical (unpaired) electrons. The van der Waals surface area contributed by atoms with Gasteiger partial charge in [0.05, 0.1) is 6.61 Å². The molecule has 0 aromatic heterocycles. The Balaban J connectivity index is 1.16. The first-order valence-electron chi connectivity index (χ1n) is 15.9. The van der Waals surface area contributed by atoms with Gasteiger partial charge in [-0.15, -0.1) is 0 Å². The fourth-order valence-electron chi connectivity index (χ4n) is 7.08. The Labute approximate surface area is 227 Å². The van der Waals surface area contributed by atoms with Gasteiger partial charge in [0.15, 0.2) is 11.6 Å². The van der Waals surface area contributed by atoms with Crippen LogP contribution in [-0.2, 0) is 0 Å². The van der Waals surface area contributed by atoms with Crippen molar-refractivity contribution >= 4 is 0 Å². The Hall–Kier alpha value is -1.57. The third-order valence-corrected chi connectivity index (χ3v) is 9.64. The topological polar surface area (TPSA) is 9.23 Å². The zero-order chi connectivity index (χ0) is 25.9. The highest BCUT2D eigenvalue weighted by Gasteiger charge is 2.24. The minimum Gasteiger partial charge on any atom is -0.490 e. The summed E-state index contributed by atoms with van der Waals surface area (Å²) in [5, 5.41) is 0. The zero-order valence-electron chi connectivity index (χ0n) is 23.8. The molecule has 0 bridgehead atoms. The van der Waals surface area contributed by atoms with Crippen LogP contribution in [0.1, 0.15) is 128 Å². The van der Waals surface area contributed by atoms with Gasteiger partial charge in [0, 0.05) is 5.92 Å². The van der Waals surface area contributed by atoms with Crippen LogP contribution >= 0.6 is 0 Å². The fraction of sp³-hybridized carbons (Fsp3) is 0.714. The second kappa shape index (κ2) is 15.1. The lowest BCUT2D eigenvalue weighted by Crippen LogP contribution is -2.16. The number of rotatable bonds is 12. The van der Waals surface area contributed by atoms with E-state index in [4.69, 9.17) is 4.74 Å². The summed E-state index contributed by atoms with van der Waals surface area (Å²) < 4.78 is 20.8. The summed E-state index contributed by atoms with van der Waals surface area (Å²) in [5.74, 6) is 4.38. The van der Waals surface area contributed by atoms with E-state index in [-0.39, 0.29) is 5.82 Å². The van der Waals surface area contributed by atoms with E-state index in [2.05, 4.69) is 44.2 Å². The molecular formula is C35H53FO. The van der Waals surface area contributed by atoms with Crippen molar-refractivity contribution < 1.29 is 9.13 Å². The van der Waals surface area contributed by atoms with Gasteiger partial charge in [-0.2, -0.15) is 0 Å². The van der Waals surface area contributed by atoms with Gasteiger partial charge >= 0.3 is 0 Å². The van der Waals surface area contributed by atoms with Crippen LogP contribution in [0.2, 0.25) is 0 Å². The number of allylic oxidation sites excluding steroid dienone is 3. The molecule has 4 rings (SSSR count). The predicted molar refractivity (Wildman–Crippen MR) is 156 cm³/mol. The molecule has 0 amide bonds. The summed E-state index contributed by atoms with van der Waals surface area (Å²) in [6.45, 7) is 5.14. The van der Waals surface area contributed by atoms with Gasteiger partial charge in [-0.25, -0.2) is 4.39 Å². The normalized spacial score (nSPS) is 30.6. The Morgan fingerprint density at radius 2 is 1.43 bits per heavy atom. The Bertz CT molecular complexity index is 841. The van der Waals surface area contributed by atoms with E-state index in [1.165, 1.54) is 96.3 Å². The van der Waals surface area contributed by atoms with Gasteiger partial charge in [-0.3, -0.25) is 0 Å². The number of unbranched alkanes of at least 4 members (excludes halogenated alkanes) is 2. The summed E-state index contributed by atoms with van der Waals surface area (Å²) >= 11 is 0. The molecule has 2 unspecified atom stereocenters. The highest BCUT2D eigenvalue weighted by Crippen LogP contribution is 2.39. The van der Waals surface area contributed by atoms with Gasteiger partial charge in [-0.1, -0.05) is 76.3 Å². The largest absolute Gasteiger partial charge is 0.490 e. The third kappa shape index (κ3) is 9.00. The molecule has 1 nitrogen and oxygen atoms in total. The number of halogens is 1. The maximum atomic E-state index is 14.9. The molecule has 2 heteroatoms. The number of ether oxygens (including phenoxy) is 1. The summed E-state index contributed by atoms with van der Waals surface area (Å²) in [6.07, 6.45) is 30.8. The van der Waals surface area contributed by atoms with E-state index in [9.17, 15) is 4.39 Å². The van der Waals surface area contributed by atoms with Crippen molar-refractivity contribution in [1.29, 1.82) is 0 Å². The lowest BCUT2D eigenvalue weighted by Gasteiger charge is -2.29. The van der Waals surface area contributed by atoms with Crippen LogP contribution in [0.4, 0.5) is 4.39 Å². The zero-order valence-corrected chi connectivity index (χ0v) is 23.8. The van der Waals surface area contributed by atoms with Crippen molar-refractivity contribution in [2.45, 2.75) is 122 Å². The summed E-state index contributed by atoms with van der Waals surface area (Å²) in [5.41, 5.74) is 1.16. The smallest absolute Gasteiger partial charge is 0.165 e. The molecule has 3 aliphatic carbocycles. The van der Waals surface area contributed by atoms with E-state index >= 15 is 0 Å². The second-order valence-corrected chi connectivity index (χ2v) is 12.5. The molecule has 1 aromatic carbocycles. The second-order valence-electron chi connectivity index (χ2n) is 12.5. The minimum atomic E-state index is -0.187. The highest BCUT2D eigenvalue weighted by molar-refractivity contribution is 5.31. The number of benzene rings is 1. The van der Waals surface area contributed by atoms with E-state index < -0.39 is 0 Å². The Kier molecular flexibility index (Phi) is 11.6. The first-order chi connectivity index (χ1) is 18.1. The molecule has 0 saturated heterocycles. The van der Waals surface area contributed by atoms with E-state index in [0.717, 1.165) is 29.7 Å². The van der Waals surface area contributed by atoms with E-state index in [1.807, 2.05) is 6.07 Å². The van der Waals surface area contributed by atoms with E-state index in [0.29, 0.717) is 30.1 Å².